The van der Waals surface area contributed by atoms with Crippen molar-refractivity contribution in [3.8, 4) is 0 Å². The number of benzene rings is 1. The normalized spacial score (nSPS) is 10.1. The van der Waals surface area contributed by atoms with E-state index in [0.717, 1.165) is 16.7 Å². The zero-order chi connectivity index (χ0) is 15.4. The predicted octanol–water partition coefficient (Wildman–Crippen LogP) is 1.32. The molecule has 1 amide bonds. The van der Waals surface area contributed by atoms with Crippen LogP contribution in [0, 0.1) is 5.82 Å². The van der Waals surface area contributed by atoms with Gasteiger partial charge in [-0.3, -0.25) is 14.2 Å². The molecule has 108 valence electrons. The van der Waals surface area contributed by atoms with Gasteiger partial charge in [-0.25, -0.2) is 9.18 Å². The SMILES string of the molecule is O=C(Cn1c(C(=O)O)cccc1=O)Nc1cccc(F)c1. The van der Waals surface area contributed by atoms with Crippen molar-refractivity contribution >= 4 is 17.6 Å². The van der Waals surface area contributed by atoms with Crippen molar-refractivity contribution in [1.82, 2.24) is 4.57 Å². The number of aromatic nitrogens is 1. The first-order chi connectivity index (χ1) is 9.97. The third-order valence-electron chi connectivity index (χ3n) is 2.68. The van der Waals surface area contributed by atoms with Gasteiger partial charge < -0.3 is 10.4 Å². The molecule has 1 heterocycles. The van der Waals surface area contributed by atoms with Crippen LogP contribution >= 0.6 is 0 Å². The number of aromatic carboxylic acids is 1. The molecule has 6 nitrogen and oxygen atoms in total. The minimum absolute atomic E-state index is 0.223. The molecule has 0 atom stereocenters. The summed E-state index contributed by atoms with van der Waals surface area (Å²) in [5, 5.41) is 11.4. The van der Waals surface area contributed by atoms with Crippen molar-refractivity contribution in [2.75, 3.05) is 5.32 Å². The summed E-state index contributed by atoms with van der Waals surface area (Å²) < 4.78 is 13.8. The second kappa shape index (κ2) is 6.00. The first kappa shape index (κ1) is 14.4. The molecule has 0 bridgehead atoms. The van der Waals surface area contributed by atoms with Crippen LogP contribution in [-0.2, 0) is 11.3 Å². The first-order valence-corrected chi connectivity index (χ1v) is 5.96. The van der Waals surface area contributed by atoms with Crippen LogP contribution in [0.2, 0.25) is 0 Å². The Bertz CT molecular complexity index is 755. The second-order valence-electron chi connectivity index (χ2n) is 4.20. The maximum Gasteiger partial charge on any atom is 0.352 e. The molecule has 0 aliphatic rings. The van der Waals surface area contributed by atoms with E-state index in [4.69, 9.17) is 5.11 Å². The topological polar surface area (TPSA) is 88.4 Å². The largest absolute Gasteiger partial charge is 0.477 e. The van der Waals surface area contributed by atoms with E-state index in [1.165, 1.54) is 30.3 Å². The van der Waals surface area contributed by atoms with Gasteiger partial charge in [-0.1, -0.05) is 12.1 Å². The standard InChI is InChI=1S/C14H11FN2O4/c15-9-3-1-4-10(7-9)16-12(18)8-17-11(14(20)21)5-2-6-13(17)19/h1-7H,8H2,(H,16,18)(H,20,21). The molecular formula is C14H11FN2O4. The van der Waals surface area contributed by atoms with Crippen LogP contribution in [0.1, 0.15) is 10.5 Å². The highest BCUT2D eigenvalue weighted by molar-refractivity contribution is 5.92. The lowest BCUT2D eigenvalue weighted by Gasteiger charge is -2.10. The smallest absolute Gasteiger partial charge is 0.352 e. The van der Waals surface area contributed by atoms with Crippen molar-refractivity contribution < 1.29 is 19.1 Å². The van der Waals surface area contributed by atoms with Gasteiger partial charge >= 0.3 is 5.97 Å². The number of rotatable bonds is 4. The summed E-state index contributed by atoms with van der Waals surface area (Å²) in [5.74, 6) is -2.46. The minimum Gasteiger partial charge on any atom is -0.477 e. The maximum absolute atomic E-state index is 13.0. The summed E-state index contributed by atoms with van der Waals surface area (Å²) in [7, 11) is 0. The Labute approximate surface area is 118 Å². The molecule has 0 spiro atoms. The highest BCUT2D eigenvalue weighted by Crippen LogP contribution is 2.09. The van der Waals surface area contributed by atoms with Crippen LogP contribution < -0.4 is 10.9 Å². The molecule has 7 heteroatoms. The van der Waals surface area contributed by atoms with E-state index < -0.39 is 29.8 Å². The Kier molecular flexibility index (Phi) is 4.13. The van der Waals surface area contributed by atoms with Crippen LogP contribution in [0.3, 0.4) is 0 Å². The van der Waals surface area contributed by atoms with Crippen molar-refractivity contribution in [3.63, 3.8) is 0 Å². The number of pyridine rings is 1. The van der Waals surface area contributed by atoms with Gasteiger partial charge in [-0.05, 0) is 24.3 Å². The Morgan fingerprint density at radius 3 is 2.57 bits per heavy atom. The third-order valence-corrected chi connectivity index (χ3v) is 2.68. The molecule has 0 saturated carbocycles. The van der Waals surface area contributed by atoms with Crippen LogP contribution in [0.25, 0.3) is 0 Å². The number of amides is 1. The summed E-state index contributed by atoms with van der Waals surface area (Å²) in [6, 6.07) is 8.91. The zero-order valence-electron chi connectivity index (χ0n) is 10.7. The molecule has 0 fully saturated rings. The monoisotopic (exact) mass is 290 g/mol. The van der Waals surface area contributed by atoms with Crippen LogP contribution in [0.4, 0.5) is 10.1 Å². The quantitative estimate of drug-likeness (QED) is 0.889. The maximum atomic E-state index is 13.0. The van der Waals surface area contributed by atoms with Crippen LogP contribution in [0.15, 0.2) is 47.3 Å². The van der Waals surface area contributed by atoms with Crippen molar-refractivity contribution in [2.24, 2.45) is 0 Å². The lowest BCUT2D eigenvalue weighted by Crippen LogP contribution is -2.30. The number of carbonyl (C=O) groups is 2. The first-order valence-electron chi connectivity index (χ1n) is 5.96. The highest BCUT2D eigenvalue weighted by atomic mass is 19.1. The molecule has 21 heavy (non-hydrogen) atoms. The number of carboxylic acid groups (broad SMARTS) is 1. The average Bonchev–Trinajstić information content (AvgIpc) is 2.40. The fraction of sp³-hybridized carbons (Fsp3) is 0.0714. The molecule has 0 saturated heterocycles. The fourth-order valence-corrected chi connectivity index (χ4v) is 1.78. The predicted molar refractivity (Wildman–Crippen MR) is 72.7 cm³/mol. The number of carboxylic acids is 1. The number of carbonyl (C=O) groups excluding carboxylic acids is 1. The van der Waals surface area contributed by atoms with Gasteiger partial charge in [0.1, 0.15) is 18.1 Å². The van der Waals surface area contributed by atoms with Crippen molar-refractivity contribution in [2.45, 2.75) is 6.54 Å². The summed E-state index contributed by atoms with van der Waals surface area (Å²) in [6.45, 7) is -0.474. The van der Waals surface area contributed by atoms with Crippen molar-refractivity contribution in [3.05, 3.63) is 64.3 Å². The van der Waals surface area contributed by atoms with E-state index in [0.29, 0.717) is 0 Å². The van der Waals surface area contributed by atoms with Gasteiger partial charge in [0.25, 0.3) is 5.56 Å². The van der Waals surface area contributed by atoms with Gasteiger partial charge in [0.2, 0.25) is 5.91 Å². The molecule has 0 unspecified atom stereocenters. The van der Waals surface area contributed by atoms with E-state index in [1.54, 1.807) is 0 Å². The molecule has 2 N–H and O–H groups in total. The number of hydrogen-bond acceptors (Lipinski definition) is 3. The van der Waals surface area contributed by atoms with E-state index in [-0.39, 0.29) is 11.4 Å². The molecule has 2 aromatic rings. The Balaban J connectivity index is 2.21. The molecule has 0 aliphatic carbocycles. The summed E-state index contributed by atoms with van der Waals surface area (Å²) in [4.78, 5) is 34.5. The molecule has 0 aliphatic heterocycles. The van der Waals surface area contributed by atoms with E-state index >= 15 is 0 Å². The fourth-order valence-electron chi connectivity index (χ4n) is 1.78. The lowest BCUT2D eigenvalue weighted by atomic mass is 10.3. The number of nitrogens with one attached hydrogen (secondary N) is 1. The summed E-state index contributed by atoms with van der Waals surface area (Å²) in [5.41, 5.74) is -0.679. The molecule has 2 rings (SSSR count). The average molecular weight is 290 g/mol. The molecule has 1 aromatic heterocycles. The molecular weight excluding hydrogens is 279 g/mol. The van der Waals surface area contributed by atoms with Crippen LogP contribution in [-0.4, -0.2) is 21.6 Å². The van der Waals surface area contributed by atoms with E-state index in [9.17, 15) is 18.8 Å². The van der Waals surface area contributed by atoms with Crippen molar-refractivity contribution in [1.29, 1.82) is 0 Å². The minimum atomic E-state index is -1.31. The van der Waals surface area contributed by atoms with E-state index in [2.05, 4.69) is 5.32 Å². The molecule has 1 aromatic carbocycles. The highest BCUT2D eigenvalue weighted by Gasteiger charge is 2.13. The number of halogens is 1. The van der Waals surface area contributed by atoms with Gasteiger partial charge in [0.15, 0.2) is 0 Å². The Hall–Kier alpha value is -2.96. The zero-order valence-corrected chi connectivity index (χ0v) is 10.7. The number of nitrogens with zero attached hydrogens (tertiary/aromatic N) is 1. The third kappa shape index (κ3) is 3.53. The Morgan fingerprint density at radius 1 is 1.19 bits per heavy atom. The summed E-state index contributed by atoms with van der Waals surface area (Å²) >= 11 is 0. The van der Waals surface area contributed by atoms with Gasteiger partial charge in [0.05, 0.1) is 0 Å². The Morgan fingerprint density at radius 2 is 1.90 bits per heavy atom. The second-order valence-corrected chi connectivity index (χ2v) is 4.20. The van der Waals surface area contributed by atoms with Gasteiger partial charge in [-0.2, -0.15) is 0 Å². The lowest BCUT2D eigenvalue weighted by molar-refractivity contribution is -0.116. The number of hydrogen-bond donors (Lipinski definition) is 2. The number of anilines is 1. The van der Waals surface area contributed by atoms with Gasteiger partial charge in [-0.15, -0.1) is 0 Å². The van der Waals surface area contributed by atoms with E-state index in [1.807, 2.05) is 0 Å². The molecule has 0 radical (unpaired) electrons. The van der Waals surface area contributed by atoms with Crippen LogP contribution in [0.5, 0.6) is 0 Å². The summed E-state index contributed by atoms with van der Waals surface area (Å²) in [6.07, 6.45) is 0. The van der Waals surface area contributed by atoms with Gasteiger partial charge in [0, 0.05) is 11.8 Å².